The van der Waals surface area contributed by atoms with Gasteiger partial charge in [0.1, 0.15) is 0 Å². The molecule has 0 saturated carbocycles. The molecule has 3 N–H and O–H groups in total. The smallest absolute Gasteiger partial charge is 0.336 e. The van der Waals surface area contributed by atoms with Crippen LogP contribution in [-0.4, -0.2) is 28.3 Å². The zero-order valence-electron chi connectivity index (χ0n) is 9.43. The molecule has 1 heterocycles. The maximum absolute atomic E-state index is 10.7. The first-order valence-electron chi connectivity index (χ1n) is 5.21. The normalized spacial score (nSPS) is 14.7. The standard InChI is InChI=1S/C11H17NO3S/c1-7(3-8(2)13)12-5-10-4-9(6-16-10)11(14)15/h4,6-8,12-13H,3,5H2,1-2H3,(H,14,15). The minimum Gasteiger partial charge on any atom is -0.478 e. The summed E-state index contributed by atoms with van der Waals surface area (Å²) in [6.07, 6.45) is 0.373. The minimum absolute atomic E-state index is 0.218. The van der Waals surface area contributed by atoms with Gasteiger partial charge in [0.15, 0.2) is 0 Å². The van der Waals surface area contributed by atoms with Crippen LogP contribution in [0.4, 0.5) is 0 Å². The fourth-order valence-corrected chi connectivity index (χ4v) is 2.26. The molecule has 0 spiro atoms. The molecule has 5 heteroatoms. The Labute approximate surface area is 98.9 Å². The van der Waals surface area contributed by atoms with Crippen LogP contribution in [0.2, 0.25) is 0 Å². The summed E-state index contributed by atoms with van der Waals surface area (Å²) >= 11 is 1.43. The molecule has 2 unspecified atom stereocenters. The lowest BCUT2D eigenvalue weighted by atomic mass is 10.1. The highest BCUT2D eigenvalue weighted by atomic mass is 32.1. The van der Waals surface area contributed by atoms with Crippen LogP contribution in [0.25, 0.3) is 0 Å². The summed E-state index contributed by atoms with van der Waals surface area (Å²) in [7, 11) is 0. The van der Waals surface area contributed by atoms with E-state index in [0.717, 1.165) is 4.88 Å². The van der Waals surface area contributed by atoms with Crippen molar-refractivity contribution in [2.45, 2.75) is 39.0 Å². The molecule has 0 amide bonds. The van der Waals surface area contributed by atoms with Gasteiger partial charge in [-0.3, -0.25) is 0 Å². The Balaban J connectivity index is 2.39. The van der Waals surface area contributed by atoms with Crippen LogP contribution in [0.15, 0.2) is 11.4 Å². The van der Waals surface area contributed by atoms with Gasteiger partial charge in [-0.15, -0.1) is 11.3 Å². The van der Waals surface area contributed by atoms with Crippen LogP contribution in [0.1, 0.15) is 35.5 Å². The van der Waals surface area contributed by atoms with E-state index in [4.69, 9.17) is 5.11 Å². The van der Waals surface area contributed by atoms with E-state index < -0.39 is 5.97 Å². The molecule has 0 aromatic carbocycles. The van der Waals surface area contributed by atoms with Crippen molar-refractivity contribution in [3.8, 4) is 0 Å². The molecule has 0 radical (unpaired) electrons. The molecular weight excluding hydrogens is 226 g/mol. The number of aliphatic hydroxyl groups is 1. The third kappa shape index (κ3) is 4.30. The predicted octanol–water partition coefficient (Wildman–Crippen LogP) is 1.70. The highest BCUT2D eigenvalue weighted by molar-refractivity contribution is 7.10. The van der Waals surface area contributed by atoms with Crippen LogP contribution in [0.5, 0.6) is 0 Å². The van der Waals surface area contributed by atoms with Gasteiger partial charge in [0, 0.05) is 22.8 Å². The summed E-state index contributed by atoms with van der Waals surface area (Å²) in [6, 6.07) is 1.89. The number of aliphatic hydroxyl groups excluding tert-OH is 1. The van der Waals surface area contributed by atoms with E-state index in [9.17, 15) is 9.90 Å². The van der Waals surface area contributed by atoms with Gasteiger partial charge in [-0.05, 0) is 26.3 Å². The van der Waals surface area contributed by atoms with Crippen molar-refractivity contribution in [1.29, 1.82) is 0 Å². The summed E-state index contributed by atoms with van der Waals surface area (Å²) in [5.41, 5.74) is 0.338. The third-order valence-electron chi connectivity index (χ3n) is 2.22. The van der Waals surface area contributed by atoms with E-state index in [1.165, 1.54) is 11.3 Å². The minimum atomic E-state index is -0.889. The van der Waals surface area contributed by atoms with Gasteiger partial charge in [0.05, 0.1) is 11.7 Å². The average molecular weight is 243 g/mol. The molecule has 0 aliphatic carbocycles. The molecule has 0 aliphatic heterocycles. The summed E-state index contributed by atoms with van der Waals surface area (Å²) in [5, 5.41) is 22.8. The Morgan fingerprint density at radius 2 is 2.25 bits per heavy atom. The summed E-state index contributed by atoms with van der Waals surface area (Å²) in [6.45, 7) is 4.40. The quantitative estimate of drug-likeness (QED) is 0.711. The lowest BCUT2D eigenvalue weighted by molar-refractivity contribution is 0.0697. The lowest BCUT2D eigenvalue weighted by Crippen LogP contribution is -2.28. The lowest BCUT2D eigenvalue weighted by Gasteiger charge is -2.14. The largest absolute Gasteiger partial charge is 0.478 e. The van der Waals surface area contributed by atoms with Gasteiger partial charge < -0.3 is 15.5 Å². The van der Waals surface area contributed by atoms with Crippen LogP contribution < -0.4 is 5.32 Å². The van der Waals surface area contributed by atoms with E-state index in [1.54, 1.807) is 18.4 Å². The molecular formula is C11H17NO3S. The summed E-state index contributed by atoms with van der Waals surface area (Å²) in [4.78, 5) is 11.6. The highest BCUT2D eigenvalue weighted by Gasteiger charge is 2.08. The van der Waals surface area contributed by atoms with Gasteiger partial charge >= 0.3 is 5.97 Å². The number of thiophene rings is 1. The van der Waals surface area contributed by atoms with Crippen LogP contribution in [0.3, 0.4) is 0 Å². The highest BCUT2D eigenvalue weighted by Crippen LogP contribution is 2.14. The fourth-order valence-electron chi connectivity index (χ4n) is 1.46. The topological polar surface area (TPSA) is 69.6 Å². The van der Waals surface area contributed by atoms with Gasteiger partial charge in [-0.25, -0.2) is 4.79 Å². The SMILES string of the molecule is CC(O)CC(C)NCc1cc(C(=O)O)cs1. The Bertz CT molecular complexity index is 349. The third-order valence-corrected chi connectivity index (χ3v) is 3.16. The fraction of sp³-hybridized carbons (Fsp3) is 0.545. The number of nitrogens with one attached hydrogen (secondary N) is 1. The number of rotatable bonds is 6. The molecule has 1 aromatic rings. The number of aromatic carboxylic acids is 1. The molecule has 0 fully saturated rings. The van der Waals surface area contributed by atoms with E-state index in [0.29, 0.717) is 18.5 Å². The van der Waals surface area contributed by atoms with Crippen molar-refractivity contribution in [3.63, 3.8) is 0 Å². The second-order valence-electron chi connectivity index (χ2n) is 3.97. The second kappa shape index (κ2) is 5.98. The second-order valence-corrected chi connectivity index (χ2v) is 4.97. The molecule has 90 valence electrons. The summed E-state index contributed by atoms with van der Waals surface area (Å²) < 4.78 is 0. The van der Waals surface area contributed by atoms with Gasteiger partial charge in [-0.2, -0.15) is 0 Å². The van der Waals surface area contributed by atoms with Crippen molar-refractivity contribution in [2.24, 2.45) is 0 Å². The van der Waals surface area contributed by atoms with Crippen LogP contribution in [-0.2, 0) is 6.54 Å². The van der Waals surface area contributed by atoms with Crippen molar-refractivity contribution >= 4 is 17.3 Å². The number of hydrogen-bond acceptors (Lipinski definition) is 4. The number of carboxylic acid groups (broad SMARTS) is 1. The van der Waals surface area contributed by atoms with Crippen LogP contribution >= 0.6 is 11.3 Å². The molecule has 16 heavy (non-hydrogen) atoms. The Morgan fingerprint density at radius 1 is 1.56 bits per heavy atom. The number of carboxylic acids is 1. The van der Waals surface area contributed by atoms with E-state index in [1.807, 2.05) is 6.92 Å². The molecule has 2 atom stereocenters. The number of hydrogen-bond donors (Lipinski definition) is 3. The van der Waals surface area contributed by atoms with E-state index in [2.05, 4.69) is 5.32 Å². The van der Waals surface area contributed by atoms with E-state index in [-0.39, 0.29) is 12.1 Å². The molecule has 0 bridgehead atoms. The first kappa shape index (κ1) is 13.2. The van der Waals surface area contributed by atoms with Gasteiger partial charge in [0.25, 0.3) is 0 Å². The monoisotopic (exact) mass is 243 g/mol. The predicted molar refractivity (Wildman–Crippen MR) is 63.9 cm³/mol. The molecule has 0 aliphatic rings. The van der Waals surface area contributed by atoms with Gasteiger partial charge in [-0.1, -0.05) is 0 Å². The molecule has 4 nitrogen and oxygen atoms in total. The maximum atomic E-state index is 10.7. The molecule has 1 aromatic heterocycles. The van der Waals surface area contributed by atoms with Crippen molar-refractivity contribution in [3.05, 3.63) is 21.9 Å². The first-order chi connectivity index (χ1) is 7.49. The first-order valence-corrected chi connectivity index (χ1v) is 6.09. The molecule has 1 rings (SSSR count). The average Bonchev–Trinajstić information content (AvgIpc) is 2.61. The zero-order chi connectivity index (χ0) is 12.1. The maximum Gasteiger partial charge on any atom is 0.336 e. The zero-order valence-corrected chi connectivity index (χ0v) is 10.3. The Hall–Kier alpha value is -0.910. The van der Waals surface area contributed by atoms with Gasteiger partial charge in [0.2, 0.25) is 0 Å². The van der Waals surface area contributed by atoms with E-state index >= 15 is 0 Å². The van der Waals surface area contributed by atoms with Crippen LogP contribution in [0, 0.1) is 0 Å². The Morgan fingerprint density at radius 3 is 2.75 bits per heavy atom. The Kier molecular flexibility index (Phi) is 4.92. The molecule has 0 saturated heterocycles. The van der Waals surface area contributed by atoms with Crippen molar-refractivity contribution in [1.82, 2.24) is 5.32 Å². The van der Waals surface area contributed by atoms with Crippen molar-refractivity contribution < 1.29 is 15.0 Å². The number of carbonyl (C=O) groups is 1. The van der Waals surface area contributed by atoms with Crippen molar-refractivity contribution in [2.75, 3.05) is 0 Å². The summed E-state index contributed by atoms with van der Waals surface area (Å²) in [5.74, 6) is -0.889.